The van der Waals surface area contributed by atoms with Crippen LogP contribution in [0, 0.1) is 0 Å². The highest BCUT2D eigenvalue weighted by Gasteiger charge is 2.15. The van der Waals surface area contributed by atoms with Crippen molar-refractivity contribution in [3.8, 4) is 0 Å². The van der Waals surface area contributed by atoms with E-state index in [2.05, 4.69) is 15.4 Å². The summed E-state index contributed by atoms with van der Waals surface area (Å²) in [4.78, 5) is 34.9. The van der Waals surface area contributed by atoms with Gasteiger partial charge in [-0.2, -0.15) is 0 Å². The number of esters is 1. The van der Waals surface area contributed by atoms with Gasteiger partial charge in [-0.3, -0.25) is 9.59 Å². The van der Waals surface area contributed by atoms with Crippen LogP contribution in [0.4, 0.5) is 5.69 Å². The van der Waals surface area contributed by atoms with Gasteiger partial charge in [-0.1, -0.05) is 25.5 Å². The van der Waals surface area contributed by atoms with Gasteiger partial charge in [0.2, 0.25) is 11.8 Å². The molecule has 2 amide bonds. The van der Waals surface area contributed by atoms with E-state index in [1.165, 1.54) is 7.11 Å². The second kappa shape index (κ2) is 8.73. The molecule has 1 rings (SSSR count). The molecular weight excluding hydrogens is 272 g/mol. The summed E-state index contributed by atoms with van der Waals surface area (Å²) < 4.78 is 4.64. The summed E-state index contributed by atoms with van der Waals surface area (Å²) in [5.74, 6) is -1.35. The Morgan fingerprint density at radius 3 is 2.52 bits per heavy atom. The lowest BCUT2D eigenvalue weighted by Gasteiger charge is -2.09. The maximum absolute atomic E-state index is 11.8. The van der Waals surface area contributed by atoms with Gasteiger partial charge in [0.25, 0.3) is 0 Å². The predicted molar refractivity (Wildman–Crippen MR) is 78.9 cm³/mol. The highest BCUT2D eigenvalue weighted by Crippen LogP contribution is 2.16. The van der Waals surface area contributed by atoms with Crippen LogP contribution < -0.4 is 10.6 Å². The van der Waals surface area contributed by atoms with Crippen molar-refractivity contribution in [2.24, 2.45) is 0 Å². The topological polar surface area (TPSA) is 84.5 Å². The summed E-state index contributed by atoms with van der Waals surface area (Å²) in [5.41, 5.74) is 0.579. The predicted octanol–water partition coefficient (Wildman–Crippen LogP) is 1.72. The molecule has 0 bridgehead atoms. The minimum atomic E-state index is -0.543. The van der Waals surface area contributed by atoms with E-state index in [1.807, 2.05) is 6.92 Å². The first-order chi connectivity index (χ1) is 10.1. The molecule has 0 radical (unpaired) electrons. The molecule has 0 fully saturated rings. The summed E-state index contributed by atoms with van der Waals surface area (Å²) in [6, 6.07) is 6.48. The van der Waals surface area contributed by atoms with Crippen molar-refractivity contribution in [3.05, 3.63) is 29.8 Å². The van der Waals surface area contributed by atoms with E-state index in [0.29, 0.717) is 12.2 Å². The minimum Gasteiger partial charge on any atom is -0.465 e. The Balaban J connectivity index is 2.59. The third-order valence-electron chi connectivity index (χ3n) is 2.78. The molecule has 6 nitrogen and oxygen atoms in total. The van der Waals surface area contributed by atoms with E-state index in [0.717, 1.165) is 12.8 Å². The highest BCUT2D eigenvalue weighted by atomic mass is 16.5. The number of benzene rings is 1. The van der Waals surface area contributed by atoms with Crippen molar-refractivity contribution >= 4 is 23.5 Å². The maximum atomic E-state index is 11.8. The second-order valence-electron chi connectivity index (χ2n) is 4.47. The molecular formula is C15H20N2O4. The van der Waals surface area contributed by atoms with Crippen LogP contribution in [0.3, 0.4) is 0 Å². The quantitative estimate of drug-likeness (QED) is 0.455. The molecule has 0 aliphatic carbocycles. The first kappa shape index (κ1) is 16.7. The molecule has 0 heterocycles. The van der Waals surface area contributed by atoms with Crippen LogP contribution in [-0.2, 0) is 14.3 Å². The Morgan fingerprint density at radius 2 is 1.86 bits per heavy atom. The largest absolute Gasteiger partial charge is 0.465 e. The van der Waals surface area contributed by atoms with Gasteiger partial charge in [0.05, 0.1) is 18.4 Å². The molecule has 0 aromatic heterocycles. The van der Waals surface area contributed by atoms with Crippen LogP contribution >= 0.6 is 0 Å². The number of hydrogen-bond donors (Lipinski definition) is 2. The number of carbonyl (C=O) groups excluding carboxylic acids is 3. The number of ether oxygens (including phenoxy) is 1. The first-order valence-corrected chi connectivity index (χ1v) is 6.82. The third kappa shape index (κ3) is 5.64. The number of hydrogen-bond acceptors (Lipinski definition) is 4. The SMILES string of the molecule is CCCCNC(=O)CC(=O)Nc1ccccc1C(=O)OC. The van der Waals surface area contributed by atoms with E-state index in [1.54, 1.807) is 24.3 Å². The van der Waals surface area contributed by atoms with Gasteiger partial charge < -0.3 is 15.4 Å². The summed E-state index contributed by atoms with van der Waals surface area (Å²) in [6.07, 6.45) is 1.57. The Hall–Kier alpha value is -2.37. The standard InChI is InChI=1S/C15H20N2O4/c1-3-4-9-16-13(18)10-14(19)17-12-8-6-5-7-11(12)15(20)21-2/h5-8H,3-4,9-10H2,1-2H3,(H,16,18)(H,17,19). The monoisotopic (exact) mass is 292 g/mol. The van der Waals surface area contributed by atoms with Crippen LogP contribution in [0.25, 0.3) is 0 Å². The van der Waals surface area contributed by atoms with Gasteiger partial charge in [-0.05, 0) is 18.6 Å². The first-order valence-electron chi connectivity index (χ1n) is 6.82. The van der Waals surface area contributed by atoms with Crippen LogP contribution in [0.1, 0.15) is 36.5 Å². The van der Waals surface area contributed by atoms with Crippen molar-refractivity contribution < 1.29 is 19.1 Å². The average molecular weight is 292 g/mol. The fourth-order valence-electron chi connectivity index (χ4n) is 1.69. The third-order valence-corrected chi connectivity index (χ3v) is 2.78. The summed E-state index contributed by atoms with van der Waals surface area (Å²) in [5, 5.41) is 5.20. The fraction of sp³-hybridized carbons (Fsp3) is 0.400. The lowest BCUT2D eigenvalue weighted by atomic mass is 10.1. The number of nitrogens with one attached hydrogen (secondary N) is 2. The molecule has 0 spiro atoms. The number of unbranched alkanes of at least 4 members (excludes halogenated alkanes) is 1. The van der Waals surface area contributed by atoms with Crippen LogP contribution in [-0.4, -0.2) is 31.4 Å². The van der Waals surface area contributed by atoms with Gasteiger partial charge in [-0.15, -0.1) is 0 Å². The van der Waals surface area contributed by atoms with Crippen LogP contribution in [0.15, 0.2) is 24.3 Å². The summed E-state index contributed by atoms with van der Waals surface area (Å²) in [7, 11) is 1.27. The Bertz CT molecular complexity index is 514. The molecule has 0 saturated heterocycles. The number of anilines is 1. The number of carbonyl (C=O) groups is 3. The fourth-order valence-corrected chi connectivity index (χ4v) is 1.69. The zero-order chi connectivity index (χ0) is 15.7. The maximum Gasteiger partial charge on any atom is 0.339 e. The van der Waals surface area contributed by atoms with E-state index >= 15 is 0 Å². The molecule has 114 valence electrons. The molecule has 0 unspecified atom stereocenters. The number of amides is 2. The van der Waals surface area contributed by atoms with Crippen molar-refractivity contribution in [1.82, 2.24) is 5.32 Å². The van der Waals surface area contributed by atoms with Crippen molar-refractivity contribution in [3.63, 3.8) is 0 Å². The molecule has 0 saturated carbocycles. The lowest BCUT2D eigenvalue weighted by molar-refractivity contribution is -0.126. The van der Waals surface area contributed by atoms with Crippen molar-refractivity contribution in [1.29, 1.82) is 0 Å². The average Bonchev–Trinajstić information content (AvgIpc) is 2.47. The number of rotatable bonds is 7. The summed E-state index contributed by atoms with van der Waals surface area (Å²) in [6.45, 7) is 2.57. The van der Waals surface area contributed by atoms with E-state index in [-0.39, 0.29) is 17.9 Å². The number of methoxy groups -OCH3 is 1. The van der Waals surface area contributed by atoms with E-state index < -0.39 is 11.9 Å². The molecule has 1 aromatic carbocycles. The van der Waals surface area contributed by atoms with E-state index in [4.69, 9.17) is 0 Å². The lowest BCUT2D eigenvalue weighted by Crippen LogP contribution is -2.29. The molecule has 1 aromatic rings. The molecule has 2 N–H and O–H groups in total. The van der Waals surface area contributed by atoms with Gasteiger partial charge in [-0.25, -0.2) is 4.79 Å². The minimum absolute atomic E-state index is 0.250. The molecule has 21 heavy (non-hydrogen) atoms. The Kier molecular flexibility index (Phi) is 6.94. The Labute approximate surface area is 123 Å². The Morgan fingerprint density at radius 1 is 1.14 bits per heavy atom. The zero-order valence-electron chi connectivity index (χ0n) is 12.3. The van der Waals surface area contributed by atoms with Gasteiger partial charge in [0, 0.05) is 6.54 Å². The van der Waals surface area contributed by atoms with Gasteiger partial charge in [0.15, 0.2) is 0 Å². The normalized spacial score (nSPS) is 9.81. The van der Waals surface area contributed by atoms with Crippen LogP contribution in [0.5, 0.6) is 0 Å². The molecule has 0 aliphatic rings. The second-order valence-corrected chi connectivity index (χ2v) is 4.47. The van der Waals surface area contributed by atoms with Crippen molar-refractivity contribution in [2.75, 3.05) is 19.0 Å². The number of para-hydroxylation sites is 1. The summed E-state index contributed by atoms with van der Waals surface area (Å²) >= 11 is 0. The van der Waals surface area contributed by atoms with Gasteiger partial charge in [0.1, 0.15) is 6.42 Å². The highest BCUT2D eigenvalue weighted by molar-refractivity contribution is 6.06. The molecule has 6 heteroatoms. The van der Waals surface area contributed by atoms with E-state index in [9.17, 15) is 14.4 Å². The van der Waals surface area contributed by atoms with Crippen molar-refractivity contribution in [2.45, 2.75) is 26.2 Å². The zero-order valence-corrected chi connectivity index (χ0v) is 12.3. The molecule has 0 aliphatic heterocycles. The smallest absolute Gasteiger partial charge is 0.339 e. The van der Waals surface area contributed by atoms with Crippen LogP contribution in [0.2, 0.25) is 0 Å². The van der Waals surface area contributed by atoms with Gasteiger partial charge >= 0.3 is 5.97 Å². The molecule has 0 atom stereocenters.